The van der Waals surface area contributed by atoms with Crippen LogP contribution in [0, 0.1) is 13.8 Å². The van der Waals surface area contributed by atoms with E-state index in [-0.39, 0.29) is 10.8 Å². The molecule has 0 amide bonds. The van der Waals surface area contributed by atoms with E-state index in [1.165, 1.54) is 83.1 Å². The fourth-order valence-electron chi connectivity index (χ4n) is 7.98. The Morgan fingerprint density at radius 2 is 1.04 bits per heavy atom. The van der Waals surface area contributed by atoms with E-state index in [0.717, 1.165) is 0 Å². The van der Waals surface area contributed by atoms with Crippen LogP contribution in [0.25, 0.3) is 49.7 Å². The van der Waals surface area contributed by atoms with Crippen LogP contribution in [0.5, 0.6) is 0 Å². The van der Waals surface area contributed by atoms with E-state index in [4.69, 9.17) is 0 Å². The highest BCUT2D eigenvalue weighted by Gasteiger charge is 2.42. The number of aryl methyl sites for hydroxylation is 2. The first kappa shape index (κ1) is 27.7. The lowest BCUT2D eigenvalue weighted by atomic mass is 9.59. The smallest absolute Gasteiger partial charge is 0.0544 e. The molecular formula is C44H39N. The lowest BCUT2D eigenvalue weighted by molar-refractivity contribution is 0.521. The molecule has 0 atom stereocenters. The molecule has 1 nitrogen and oxygen atoms in total. The maximum Gasteiger partial charge on any atom is 0.0544 e. The van der Waals surface area contributed by atoms with E-state index < -0.39 is 0 Å². The van der Waals surface area contributed by atoms with Crippen LogP contribution in [0.3, 0.4) is 0 Å². The predicted octanol–water partition coefficient (Wildman–Crippen LogP) is 11.7. The molecule has 0 fully saturated rings. The maximum absolute atomic E-state index is 2.51. The monoisotopic (exact) mass is 581 g/mol. The highest BCUT2D eigenvalue weighted by atomic mass is 15.0. The van der Waals surface area contributed by atoms with Crippen LogP contribution in [0.1, 0.15) is 61.1 Å². The SMILES string of the molecule is Cc1ccccc1-c1cc2c(cc1C)C(C)(C)c1cc3c4ccccc4n(-c4cccc(-c5ccccc5)c4)c3cc1C2(C)C. The normalized spacial score (nSPS) is 14.8. The summed E-state index contributed by atoms with van der Waals surface area (Å²) >= 11 is 0. The van der Waals surface area contributed by atoms with Crippen molar-refractivity contribution >= 4 is 21.8 Å². The van der Waals surface area contributed by atoms with Gasteiger partial charge in [-0.25, -0.2) is 0 Å². The number of rotatable bonds is 3. The third kappa shape index (κ3) is 4.07. The molecule has 0 saturated heterocycles. The molecule has 0 unspecified atom stereocenters. The van der Waals surface area contributed by atoms with Crippen LogP contribution < -0.4 is 0 Å². The largest absolute Gasteiger partial charge is 0.309 e. The number of hydrogen-bond acceptors (Lipinski definition) is 0. The molecule has 220 valence electrons. The quantitative estimate of drug-likeness (QED) is 0.196. The summed E-state index contributed by atoms with van der Waals surface area (Å²) in [5.41, 5.74) is 16.9. The highest BCUT2D eigenvalue weighted by molar-refractivity contribution is 6.10. The van der Waals surface area contributed by atoms with Crippen molar-refractivity contribution in [2.45, 2.75) is 52.4 Å². The molecule has 45 heavy (non-hydrogen) atoms. The van der Waals surface area contributed by atoms with Gasteiger partial charge >= 0.3 is 0 Å². The number of benzene rings is 6. The first-order valence-corrected chi connectivity index (χ1v) is 16.1. The fourth-order valence-corrected chi connectivity index (χ4v) is 7.98. The van der Waals surface area contributed by atoms with Crippen LogP contribution in [0.4, 0.5) is 0 Å². The molecule has 1 aliphatic carbocycles. The predicted molar refractivity (Wildman–Crippen MR) is 192 cm³/mol. The Hall–Kier alpha value is -4.88. The van der Waals surface area contributed by atoms with Gasteiger partial charge in [0.05, 0.1) is 11.0 Å². The van der Waals surface area contributed by atoms with Crippen LogP contribution >= 0.6 is 0 Å². The topological polar surface area (TPSA) is 4.93 Å². The Kier molecular flexibility index (Phi) is 6.03. The third-order valence-corrected chi connectivity index (χ3v) is 10.5. The standard InChI is InChI=1S/C44H39N/c1-28-15-10-11-20-33(28)35-25-38-37(23-29(35)2)43(3,4)39-26-36-34-21-12-13-22-41(34)45(42(36)27-40(39)44(38,5)6)32-19-14-18-31(24-32)30-16-8-7-9-17-30/h7-27H,1-6H3. The highest BCUT2D eigenvalue weighted by Crippen LogP contribution is 2.53. The molecule has 7 aromatic rings. The summed E-state index contributed by atoms with van der Waals surface area (Å²) in [6, 6.07) is 47.4. The van der Waals surface area contributed by atoms with Crippen LogP contribution in [0.2, 0.25) is 0 Å². The Morgan fingerprint density at radius 3 is 1.82 bits per heavy atom. The molecule has 1 aliphatic rings. The van der Waals surface area contributed by atoms with Crippen LogP contribution in [-0.4, -0.2) is 4.57 Å². The van der Waals surface area contributed by atoms with Crippen LogP contribution in [-0.2, 0) is 10.8 Å². The molecule has 0 bridgehead atoms. The number of aromatic nitrogens is 1. The molecule has 1 heteroatoms. The minimum Gasteiger partial charge on any atom is -0.309 e. The molecule has 8 rings (SSSR count). The molecule has 0 radical (unpaired) electrons. The van der Waals surface area contributed by atoms with E-state index in [9.17, 15) is 0 Å². The number of para-hydroxylation sites is 1. The van der Waals surface area contributed by atoms with Crippen molar-refractivity contribution in [2.24, 2.45) is 0 Å². The summed E-state index contributed by atoms with van der Waals surface area (Å²) in [4.78, 5) is 0. The van der Waals surface area contributed by atoms with Crippen molar-refractivity contribution in [3.05, 3.63) is 161 Å². The van der Waals surface area contributed by atoms with E-state index in [1.54, 1.807) is 0 Å². The molecule has 0 N–H and O–H groups in total. The summed E-state index contributed by atoms with van der Waals surface area (Å²) in [5, 5.41) is 2.61. The Labute approximate surface area is 266 Å². The zero-order chi connectivity index (χ0) is 31.1. The van der Waals surface area contributed by atoms with Gasteiger partial charge in [-0.1, -0.05) is 119 Å². The second kappa shape index (κ2) is 9.81. The van der Waals surface area contributed by atoms with Gasteiger partial charge in [-0.3, -0.25) is 0 Å². The molecule has 6 aromatic carbocycles. The van der Waals surface area contributed by atoms with Crippen molar-refractivity contribution in [1.82, 2.24) is 4.57 Å². The van der Waals surface area contributed by atoms with E-state index in [0.29, 0.717) is 0 Å². The van der Waals surface area contributed by atoms with Gasteiger partial charge in [0.2, 0.25) is 0 Å². The van der Waals surface area contributed by atoms with Crippen LogP contribution in [0.15, 0.2) is 127 Å². The van der Waals surface area contributed by atoms with Gasteiger partial charge < -0.3 is 4.57 Å². The van der Waals surface area contributed by atoms with Gasteiger partial charge in [-0.2, -0.15) is 0 Å². The first-order chi connectivity index (χ1) is 21.7. The number of fused-ring (bicyclic) bond motifs is 5. The molecule has 0 saturated carbocycles. The molecule has 0 spiro atoms. The fraction of sp³-hybridized carbons (Fsp3) is 0.182. The van der Waals surface area contributed by atoms with Gasteiger partial charge in [0.25, 0.3) is 0 Å². The lowest BCUT2D eigenvalue weighted by Crippen LogP contribution is -2.36. The average Bonchev–Trinajstić information content (AvgIpc) is 3.38. The molecule has 1 aromatic heterocycles. The van der Waals surface area contributed by atoms with Crippen molar-refractivity contribution < 1.29 is 0 Å². The summed E-state index contributed by atoms with van der Waals surface area (Å²) in [7, 11) is 0. The minimum absolute atomic E-state index is 0.139. The molecule has 0 aliphatic heterocycles. The number of nitrogens with zero attached hydrogens (tertiary/aromatic N) is 1. The van der Waals surface area contributed by atoms with Gasteiger partial charge in [0.15, 0.2) is 0 Å². The summed E-state index contributed by atoms with van der Waals surface area (Å²) in [6.07, 6.45) is 0. The first-order valence-electron chi connectivity index (χ1n) is 16.1. The van der Waals surface area contributed by atoms with Crippen molar-refractivity contribution in [3.8, 4) is 27.9 Å². The van der Waals surface area contributed by atoms with Gasteiger partial charge in [0.1, 0.15) is 0 Å². The second-order valence-electron chi connectivity index (χ2n) is 14.0. The van der Waals surface area contributed by atoms with Crippen molar-refractivity contribution in [1.29, 1.82) is 0 Å². The lowest BCUT2D eigenvalue weighted by Gasteiger charge is -2.44. The van der Waals surface area contributed by atoms with E-state index in [1.807, 2.05) is 0 Å². The van der Waals surface area contributed by atoms with Gasteiger partial charge in [-0.15, -0.1) is 0 Å². The average molecular weight is 582 g/mol. The molecular weight excluding hydrogens is 542 g/mol. The van der Waals surface area contributed by atoms with Crippen molar-refractivity contribution in [3.63, 3.8) is 0 Å². The maximum atomic E-state index is 2.51. The third-order valence-electron chi connectivity index (χ3n) is 10.5. The van der Waals surface area contributed by atoms with Gasteiger partial charge in [0, 0.05) is 27.3 Å². The Morgan fingerprint density at radius 1 is 0.422 bits per heavy atom. The summed E-state index contributed by atoms with van der Waals surface area (Å²) in [6.45, 7) is 14.2. The zero-order valence-corrected chi connectivity index (χ0v) is 27.1. The zero-order valence-electron chi connectivity index (χ0n) is 27.1. The summed E-state index contributed by atoms with van der Waals surface area (Å²) < 4.78 is 2.48. The van der Waals surface area contributed by atoms with Crippen molar-refractivity contribution in [2.75, 3.05) is 0 Å². The number of hydrogen-bond donors (Lipinski definition) is 0. The summed E-state index contributed by atoms with van der Waals surface area (Å²) in [5.74, 6) is 0. The van der Waals surface area contributed by atoms with E-state index in [2.05, 4.69) is 174 Å². The minimum atomic E-state index is -0.174. The van der Waals surface area contributed by atoms with E-state index >= 15 is 0 Å². The Bertz CT molecular complexity index is 2280. The molecule has 1 heterocycles. The van der Waals surface area contributed by atoms with Gasteiger partial charge in [-0.05, 0) is 106 Å². The second-order valence-corrected chi connectivity index (χ2v) is 14.0. The Balaban J connectivity index is 1.40.